The Morgan fingerprint density at radius 3 is 2.87 bits per heavy atom. The summed E-state index contributed by atoms with van der Waals surface area (Å²) in [6.45, 7) is 1.89. The Labute approximate surface area is 169 Å². The van der Waals surface area contributed by atoms with Crippen molar-refractivity contribution in [1.29, 1.82) is 0 Å². The van der Waals surface area contributed by atoms with Gasteiger partial charge in [-0.1, -0.05) is 0 Å². The zero-order chi connectivity index (χ0) is 20.9. The zero-order valence-electron chi connectivity index (χ0n) is 16.2. The number of hydrogen-bond acceptors (Lipinski definition) is 6. The zero-order valence-corrected chi connectivity index (χ0v) is 16.2. The summed E-state index contributed by atoms with van der Waals surface area (Å²) in [7, 11) is 0. The maximum absolute atomic E-state index is 14.6. The highest BCUT2D eigenvalue weighted by Crippen LogP contribution is 2.44. The van der Waals surface area contributed by atoms with Crippen LogP contribution in [0.2, 0.25) is 0 Å². The van der Waals surface area contributed by atoms with E-state index in [4.69, 9.17) is 15.5 Å². The molecule has 0 saturated heterocycles. The number of fused-ring (bicyclic) bond motifs is 5. The number of pyridine rings is 2. The van der Waals surface area contributed by atoms with Crippen molar-refractivity contribution in [3.8, 4) is 11.4 Å². The minimum Gasteiger partial charge on any atom is -0.458 e. The average molecular weight is 407 g/mol. The molecule has 1 unspecified atom stereocenters. The lowest BCUT2D eigenvalue weighted by Crippen LogP contribution is -2.32. The van der Waals surface area contributed by atoms with Crippen molar-refractivity contribution in [3.05, 3.63) is 61.7 Å². The number of hydrogen-bond donors (Lipinski definition) is 2. The highest BCUT2D eigenvalue weighted by molar-refractivity contribution is 5.93. The van der Waals surface area contributed by atoms with Crippen LogP contribution in [0.4, 0.5) is 4.39 Å². The fourth-order valence-electron chi connectivity index (χ4n) is 5.14. The first-order valence-corrected chi connectivity index (χ1v) is 9.88. The first-order chi connectivity index (χ1) is 14.4. The standard InChI is InChI=1S/C22H18FN3O4/c1-8-9-2-3-14(24)17-11-6-26-16(19(11)25-15(18(9)17)5-13(8)23)4-10-12(21(26)28)7-30-22(29)20(10)27/h4-5,14,20,27H,2-3,6-7,24H2,1H3/t14-,20?/m1/s1. The van der Waals surface area contributed by atoms with Gasteiger partial charge in [0, 0.05) is 28.6 Å². The average Bonchev–Trinajstić information content (AvgIpc) is 3.09. The van der Waals surface area contributed by atoms with Crippen LogP contribution in [0.5, 0.6) is 0 Å². The van der Waals surface area contributed by atoms with E-state index in [2.05, 4.69) is 0 Å². The van der Waals surface area contributed by atoms with E-state index in [9.17, 15) is 19.1 Å². The van der Waals surface area contributed by atoms with Crippen LogP contribution >= 0.6 is 0 Å². The number of nitrogens with zero attached hydrogens (tertiary/aromatic N) is 2. The maximum atomic E-state index is 14.6. The molecule has 0 fully saturated rings. The summed E-state index contributed by atoms with van der Waals surface area (Å²) in [5.74, 6) is -1.10. The molecule has 3 aromatic rings. The number of rotatable bonds is 0. The second kappa shape index (κ2) is 5.74. The summed E-state index contributed by atoms with van der Waals surface area (Å²) in [6.07, 6.45) is -0.142. The molecular formula is C22H18FN3O4. The van der Waals surface area contributed by atoms with Gasteiger partial charge in [-0.15, -0.1) is 0 Å². The van der Waals surface area contributed by atoms with Gasteiger partial charge in [-0.05, 0) is 42.5 Å². The molecule has 7 nitrogen and oxygen atoms in total. The molecule has 30 heavy (non-hydrogen) atoms. The first kappa shape index (κ1) is 17.7. The van der Waals surface area contributed by atoms with Crippen LogP contribution in [0.3, 0.4) is 0 Å². The van der Waals surface area contributed by atoms with Crippen LogP contribution in [-0.4, -0.2) is 20.6 Å². The molecule has 152 valence electrons. The normalized spacial score (nSPS) is 21.3. The number of aliphatic hydroxyl groups is 1. The molecule has 2 aliphatic heterocycles. The monoisotopic (exact) mass is 407 g/mol. The molecule has 2 aromatic heterocycles. The molecule has 0 saturated carbocycles. The molecular weight excluding hydrogens is 389 g/mol. The van der Waals surface area contributed by atoms with Crippen LogP contribution in [0.25, 0.3) is 22.3 Å². The fraction of sp³-hybridized carbons (Fsp3) is 0.318. The number of ether oxygens (including phenoxy) is 1. The Hall–Kier alpha value is -3.10. The smallest absolute Gasteiger partial charge is 0.340 e. The third-order valence-corrected chi connectivity index (χ3v) is 6.69. The molecule has 4 heterocycles. The largest absolute Gasteiger partial charge is 0.458 e. The number of cyclic esters (lactones) is 1. The quantitative estimate of drug-likeness (QED) is 0.431. The van der Waals surface area contributed by atoms with Gasteiger partial charge in [0.15, 0.2) is 6.10 Å². The predicted octanol–water partition coefficient (Wildman–Crippen LogP) is 1.91. The molecule has 3 N–H and O–H groups in total. The van der Waals surface area contributed by atoms with Crippen LogP contribution < -0.4 is 11.3 Å². The van der Waals surface area contributed by atoms with Gasteiger partial charge in [0.1, 0.15) is 12.4 Å². The Kier molecular flexibility index (Phi) is 3.39. The van der Waals surface area contributed by atoms with Crippen molar-refractivity contribution < 1.29 is 19.0 Å². The SMILES string of the molecule is Cc1c(F)cc2nc3c(c4c2c1CC[C@H]4N)Cn1c-3cc2c(c1=O)COC(=O)C2O. The number of aryl methyl sites for hydroxylation is 1. The van der Waals surface area contributed by atoms with E-state index in [1.54, 1.807) is 17.6 Å². The second-order valence-corrected chi connectivity index (χ2v) is 8.22. The lowest BCUT2D eigenvalue weighted by Gasteiger charge is -2.26. The summed E-state index contributed by atoms with van der Waals surface area (Å²) >= 11 is 0. The van der Waals surface area contributed by atoms with Gasteiger partial charge in [0.2, 0.25) is 0 Å². The number of aliphatic hydroxyl groups excluding tert-OH is 1. The maximum Gasteiger partial charge on any atom is 0.340 e. The number of nitrogens with two attached hydrogens (primary N) is 1. The number of esters is 1. The van der Waals surface area contributed by atoms with E-state index >= 15 is 0 Å². The van der Waals surface area contributed by atoms with Gasteiger partial charge in [0.05, 0.1) is 29.0 Å². The summed E-state index contributed by atoms with van der Waals surface area (Å²) < 4.78 is 21.1. The van der Waals surface area contributed by atoms with Gasteiger partial charge in [-0.2, -0.15) is 0 Å². The molecule has 1 aromatic carbocycles. The Morgan fingerprint density at radius 1 is 1.27 bits per heavy atom. The van der Waals surface area contributed by atoms with Gasteiger partial charge in [-0.3, -0.25) is 4.79 Å². The van der Waals surface area contributed by atoms with Crippen molar-refractivity contribution in [1.82, 2.24) is 9.55 Å². The van der Waals surface area contributed by atoms with E-state index in [1.807, 2.05) is 0 Å². The molecule has 0 radical (unpaired) electrons. The number of carbonyl (C=O) groups is 1. The predicted molar refractivity (Wildman–Crippen MR) is 105 cm³/mol. The molecule has 0 bridgehead atoms. The highest BCUT2D eigenvalue weighted by Gasteiger charge is 2.36. The lowest BCUT2D eigenvalue weighted by atomic mass is 9.82. The molecule has 0 amide bonds. The van der Waals surface area contributed by atoms with Crippen LogP contribution in [0.15, 0.2) is 16.9 Å². The minimum absolute atomic E-state index is 0.170. The molecule has 1 aliphatic carbocycles. The van der Waals surface area contributed by atoms with Crippen LogP contribution in [0.1, 0.15) is 51.9 Å². The summed E-state index contributed by atoms with van der Waals surface area (Å²) in [5.41, 5.74) is 11.5. The number of carbonyl (C=O) groups excluding carboxylic acids is 1. The van der Waals surface area contributed by atoms with E-state index < -0.39 is 12.1 Å². The first-order valence-electron chi connectivity index (χ1n) is 9.88. The summed E-state index contributed by atoms with van der Waals surface area (Å²) in [4.78, 5) is 29.6. The Morgan fingerprint density at radius 2 is 2.07 bits per heavy atom. The summed E-state index contributed by atoms with van der Waals surface area (Å²) in [5, 5.41) is 11.1. The topological polar surface area (TPSA) is 107 Å². The third kappa shape index (κ3) is 2.07. The van der Waals surface area contributed by atoms with Gasteiger partial charge >= 0.3 is 5.97 Å². The highest BCUT2D eigenvalue weighted by atomic mass is 19.1. The van der Waals surface area contributed by atoms with E-state index in [-0.39, 0.29) is 35.2 Å². The Bertz CT molecular complexity index is 1380. The van der Waals surface area contributed by atoms with E-state index in [0.29, 0.717) is 41.9 Å². The Balaban J connectivity index is 1.70. The molecule has 6 rings (SSSR count). The van der Waals surface area contributed by atoms with Gasteiger partial charge in [-0.25, -0.2) is 14.2 Å². The van der Waals surface area contributed by atoms with Crippen LogP contribution in [-0.2, 0) is 29.1 Å². The van der Waals surface area contributed by atoms with Gasteiger partial charge in [0.25, 0.3) is 5.56 Å². The van der Waals surface area contributed by atoms with E-state index in [0.717, 1.165) is 22.1 Å². The molecule has 3 aliphatic rings. The van der Waals surface area contributed by atoms with E-state index in [1.165, 1.54) is 6.07 Å². The van der Waals surface area contributed by atoms with Crippen molar-refractivity contribution in [3.63, 3.8) is 0 Å². The number of benzene rings is 1. The van der Waals surface area contributed by atoms with Gasteiger partial charge < -0.3 is 20.1 Å². The molecule has 0 spiro atoms. The van der Waals surface area contributed by atoms with Crippen molar-refractivity contribution in [2.45, 2.75) is 45.1 Å². The van der Waals surface area contributed by atoms with Crippen molar-refractivity contribution in [2.24, 2.45) is 5.73 Å². The lowest BCUT2D eigenvalue weighted by molar-refractivity contribution is -0.157. The minimum atomic E-state index is -1.51. The van der Waals surface area contributed by atoms with Crippen molar-refractivity contribution >= 4 is 16.9 Å². The third-order valence-electron chi connectivity index (χ3n) is 6.69. The fourth-order valence-corrected chi connectivity index (χ4v) is 5.14. The molecule has 2 atom stereocenters. The van der Waals surface area contributed by atoms with Crippen molar-refractivity contribution in [2.75, 3.05) is 0 Å². The number of aromatic nitrogens is 2. The summed E-state index contributed by atoms with van der Waals surface area (Å²) in [6, 6.07) is 2.80. The van der Waals surface area contributed by atoms with Crippen LogP contribution in [0, 0.1) is 12.7 Å². The number of halogens is 1. The second-order valence-electron chi connectivity index (χ2n) is 8.22. The molecule has 8 heteroatoms.